The number of fused-ring (bicyclic) bond motifs is 1. The van der Waals surface area contributed by atoms with E-state index in [1.165, 1.54) is 47.8 Å². The Hall–Kier alpha value is -4.95. The molecule has 224 valence electrons. The number of β-lactam (4-membered cyclic amide) rings is 1. The van der Waals surface area contributed by atoms with Crippen LogP contribution in [0, 0.1) is 0 Å². The molecule has 2 aliphatic heterocycles. The Bertz CT molecular complexity index is 1630. The van der Waals surface area contributed by atoms with Gasteiger partial charge in [-0.05, 0) is 23.3 Å². The number of aromatic amines is 1. The fourth-order valence-corrected chi connectivity index (χ4v) is 6.54. The molecule has 0 radical (unpaired) electrons. The number of hydrogen-bond acceptors (Lipinski definition) is 15. The van der Waals surface area contributed by atoms with Gasteiger partial charge in [-0.2, -0.15) is 4.98 Å². The standard InChI is InChI=1S/C23H22N10O8S2/c24-5-11-25-23(32-29-11)43-7-9-6-42-20-14(19(38)33(20)15(9)21(39)40)27-16(35)12(8-1-3-10(34)4-2-8)26-17(36)13-18(37)28-22(41)31-30-13/h1-4,12,14,20,34H,5-7,24H2,(H,26,36)(H,27,35)(H,39,40)(H,25,29,32)(H2,28,31,37,41)/t12?,14?,20-/m1/s1. The van der Waals surface area contributed by atoms with Gasteiger partial charge in [0.25, 0.3) is 11.8 Å². The summed E-state index contributed by atoms with van der Waals surface area (Å²) < 4.78 is 0. The largest absolute Gasteiger partial charge is 0.508 e. The zero-order valence-electron chi connectivity index (χ0n) is 21.7. The number of benzene rings is 1. The predicted octanol–water partition coefficient (Wildman–Crippen LogP) is -1.43. The summed E-state index contributed by atoms with van der Waals surface area (Å²) in [5, 5.41) is 56.6. The molecule has 1 aromatic carbocycles. The normalized spacial score (nSPS) is 18.4. The van der Waals surface area contributed by atoms with Crippen molar-refractivity contribution in [3.8, 4) is 17.6 Å². The van der Waals surface area contributed by atoms with E-state index in [9.17, 15) is 39.6 Å². The quantitative estimate of drug-likeness (QED) is 0.0941. The maximum Gasteiger partial charge on any atom is 0.352 e. The molecule has 1 fully saturated rings. The van der Waals surface area contributed by atoms with Gasteiger partial charge in [0.05, 0.1) is 6.54 Å². The summed E-state index contributed by atoms with van der Waals surface area (Å²) in [6.07, 6.45) is 0. The Labute approximate surface area is 249 Å². The maximum atomic E-state index is 13.4. The number of thioether (sulfide) groups is 2. The highest BCUT2D eigenvalue weighted by atomic mass is 32.2. The van der Waals surface area contributed by atoms with Gasteiger partial charge in [-0.25, -0.2) is 9.78 Å². The first-order chi connectivity index (χ1) is 20.6. The van der Waals surface area contributed by atoms with Crippen LogP contribution in [-0.4, -0.2) is 102 Å². The second-order valence-electron chi connectivity index (χ2n) is 8.99. The van der Waals surface area contributed by atoms with Crippen molar-refractivity contribution in [3.05, 3.63) is 52.6 Å². The lowest BCUT2D eigenvalue weighted by Crippen LogP contribution is -2.71. The number of amides is 3. The molecule has 3 aromatic rings. The lowest BCUT2D eigenvalue weighted by Gasteiger charge is -2.49. The number of aromatic hydroxyl groups is 3. The van der Waals surface area contributed by atoms with Crippen molar-refractivity contribution in [1.29, 1.82) is 0 Å². The van der Waals surface area contributed by atoms with Gasteiger partial charge in [-0.15, -0.1) is 22.0 Å². The van der Waals surface area contributed by atoms with Gasteiger partial charge in [0, 0.05) is 11.5 Å². The van der Waals surface area contributed by atoms with Crippen molar-refractivity contribution in [1.82, 2.24) is 45.9 Å². The van der Waals surface area contributed by atoms with E-state index in [4.69, 9.17) is 5.73 Å². The minimum absolute atomic E-state index is 0.117. The molecule has 0 bridgehead atoms. The molecule has 0 aliphatic carbocycles. The molecule has 0 saturated carbocycles. The van der Waals surface area contributed by atoms with Gasteiger partial charge >= 0.3 is 12.0 Å². The maximum absolute atomic E-state index is 13.4. The molecule has 20 heteroatoms. The lowest BCUT2D eigenvalue weighted by atomic mass is 10.0. The van der Waals surface area contributed by atoms with Gasteiger partial charge in [0.15, 0.2) is 0 Å². The smallest absolute Gasteiger partial charge is 0.352 e. The van der Waals surface area contributed by atoms with E-state index < -0.39 is 58.7 Å². The number of carbonyl (C=O) groups is 4. The van der Waals surface area contributed by atoms with E-state index in [0.717, 1.165) is 4.90 Å². The molecule has 2 unspecified atom stereocenters. The van der Waals surface area contributed by atoms with Crippen LogP contribution in [0.2, 0.25) is 0 Å². The van der Waals surface area contributed by atoms with E-state index in [0.29, 0.717) is 16.6 Å². The number of nitrogens with zero attached hydrogens (tertiary/aromatic N) is 6. The van der Waals surface area contributed by atoms with Crippen LogP contribution in [0.3, 0.4) is 0 Å². The van der Waals surface area contributed by atoms with Crippen LogP contribution in [0.5, 0.6) is 17.6 Å². The van der Waals surface area contributed by atoms with Crippen molar-refractivity contribution in [3.63, 3.8) is 0 Å². The van der Waals surface area contributed by atoms with Gasteiger partial charge in [-0.1, -0.05) is 29.0 Å². The third-order valence-corrected chi connectivity index (χ3v) is 8.54. The summed E-state index contributed by atoms with van der Waals surface area (Å²) in [6, 6.07) is 1.78. The summed E-state index contributed by atoms with van der Waals surface area (Å²) in [6.45, 7) is 0.158. The molecule has 43 heavy (non-hydrogen) atoms. The molecular formula is C23H22N10O8S2. The third-order valence-electron chi connectivity index (χ3n) is 6.26. The van der Waals surface area contributed by atoms with Crippen molar-refractivity contribution >= 4 is 47.2 Å². The van der Waals surface area contributed by atoms with Crippen LogP contribution in [0.1, 0.15) is 27.9 Å². The first kappa shape index (κ1) is 29.5. The van der Waals surface area contributed by atoms with Crippen LogP contribution in [0.25, 0.3) is 0 Å². The number of nitrogens with one attached hydrogen (secondary N) is 3. The number of nitrogens with two attached hydrogens (primary N) is 1. The van der Waals surface area contributed by atoms with Crippen molar-refractivity contribution in [2.45, 2.75) is 29.2 Å². The SMILES string of the molecule is NCc1nc(SCC2=C(C(=O)O)N3C(=O)C(NC(=O)C(NC(=O)c4nnc(O)nc4O)c4ccc(O)cc4)[C@H]3SC2)n[nH]1. The number of carbonyl (C=O) groups excluding carboxylic acids is 3. The van der Waals surface area contributed by atoms with Crippen LogP contribution in [0.15, 0.2) is 40.7 Å². The molecule has 3 atom stereocenters. The highest BCUT2D eigenvalue weighted by molar-refractivity contribution is 8.01. The summed E-state index contributed by atoms with van der Waals surface area (Å²) in [4.78, 5) is 60.2. The number of hydrogen-bond donors (Lipinski definition) is 8. The fourth-order valence-electron chi connectivity index (χ4n) is 4.24. The summed E-state index contributed by atoms with van der Waals surface area (Å²) in [7, 11) is 0. The number of aliphatic carboxylic acids is 1. The monoisotopic (exact) mass is 630 g/mol. The second kappa shape index (κ2) is 12.1. The molecule has 0 spiro atoms. The highest BCUT2D eigenvalue weighted by Crippen LogP contribution is 2.41. The summed E-state index contributed by atoms with van der Waals surface area (Å²) >= 11 is 2.43. The van der Waals surface area contributed by atoms with Crippen LogP contribution in [-0.2, 0) is 20.9 Å². The van der Waals surface area contributed by atoms with Gasteiger partial charge in [0.1, 0.15) is 34.7 Å². The molecule has 5 rings (SSSR count). The zero-order chi connectivity index (χ0) is 30.8. The average Bonchev–Trinajstić information content (AvgIpc) is 3.45. The van der Waals surface area contributed by atoms with Crippen molar-refractivity contribution in [2.75, 3.05) is 11.5 Å². The second-order valence-corrected chi connectivity index (χ2v) is 11.0. The molecule has 18 nitrogen and oxygen atoms in total. The number of phenols is 1. The van der Waals surface area contributed by atoms with Crippen molar-refractivity contribution in [2.24, 2.45) is 5.73 Å². The number of H-pyrrole nitrogens is 1. The van der Waals surface area contributed by atoms with Crippen LogP contribution in [0.4, 0.5) is 0 Å². The highest BCUT2D eigenvalue weighted by Gasteiger charge is 2.54. The van der Waals surface area contributed by atoms with Gasteiger partial charge in [-0.3, -0.25) is 24.4 Å². The molecular weight excluding hydrogens is 608 g/mol. The average molecular weight is 631 g/mol. The van der Waals surface area contributed by atoms with E-state index in [1.54, 1.807) is 0 Å². The Morgan fingerprint density at radius 2 is 1.91 bits per heavy atom. The summed E-state index contributed by atoms with van der Waals surface area (Å²) in [5.41, 5.74) is 5.30. The van der Waals surface area contributed by atoms with Gasteiger partial charge in [0.2, 0.25) is 22.6 Å². The van der Waals surface area contributed by atoms with E-state index >= 15 is 0 Å². The third kappa shape index (κ3) is 6.01. The number of rotatable bonds is 10. The number of phenolic OH excluding ortho intramolecular Hbond substituents is 1. The number of carboxylic acids is 1. The Morgan fingerprint density at radius 1 is 1.16 bits per heavy atom. The summed E-state index contributed by atoms with van der Waals surface area (Å²) in [5.74, 6) is -4.06. The Kier molecular flexibility index (Phi) is 8.32. The molecule has 9 N–H and O–H groups in total. The Balaban J connectivity index is 1.33. The topological polar surface area (TPSA) is 283 Å². The zero-order valence-corrected chi connectivity index (χ0v) is 23.3. The van der Waals surface area contributed by atoms with E-state index in [1.807, 2.05) is 0 Å². The molecule has 2 aromatic heterocycles. The molecule has 1 saturated heterocycles. The minimum atomic E-state index is -1.46. The fraction of sp³-hybridized carbons (Fsp3) is 0.261. The Morgan fingerprint density at radius 3 is 2.56 bits per heavy atom. The van der Waals surface area contributed by atoms with Crippen LogP contribution >= 0.6 is 23.5 Å². The first-order valence-corrected chi connectivity index (χ1v) is 14.3. The van der Waals surface area contributed by atoms with Crippen molar-refractivity contribution < 1.29 is 39.6 Å². The molecule has 3 amide bonds. The minimum Gasteiger partial charge on any atom is -0.508 e. The number of aromatic nitrogens is 6. The number of carboxylic acid groups (broad SMARTS) is 1. The van der Waals surface area contributed by atoms with Crippen LogP contribution < -0.4 is 16.4 Å². The lowest BCUT2D eigenvalue weighted by molar-refractivity contribution is -0.151. The molecule has 4 heterocycles. The first-order valence-electron chi connectivity index (χ1n) is 12.2. The van der Waals surface area contributed by atoms with Gasteiger partial charge < -0.3 is 36.8 Å². The predicted molar refractivity (Wildman–Crippen MR) is 146 cm³/mol. The van der Waals surface area contributed by atoms with E-state index in [-0.39, 0.29) is 35.1 Å². The molecule has 2 aliphatic rings. The van der Waals surface area contributed by atoms with E-state index in [2.05, 4.69) is 41.0 Å².